The van der Waals surface area contributed by atoms with Crippen molar-refractivity contribution in [1.82, 2.24) is 8.75 Å². The summed E-state index contributed by atoms with van der Waals surface area (Å²) in [7, 11) is 0. The number of anilines is 1. The number of fused-ring (bicyclic) bond motifs is 1. The van der Waals surface area contributed by atoms with Crippen molar-refractivity contribution in [3.63, 3.8) is 0 Å². The monoisotopic (exact) mass is 293 g/mol. The lowest BCUT2D eigenvalue weighted by Gasteiger charge is -2.08. The molecule has 0 fully saturated rings. The van der Waals surface area contributed by atoms with E-state index < -0.39 is 0 Å². The average Bonchev–Trinajstić information content (AvgIpc) is 2.86. The number of halogens is 2. The minimum absolute atomic E-state index is 0.251. The molecular weight excluding hydrogens is 285 g/mol. The average molecular weight is 294 g/mol. The van der Waals surface area contributed by atoms with Gasteiger partial charge in [-0.05, 0) is 29.8 Å². The summed E-state index contributed by atoms with van der Waals surface area (Å²) in [5.41, 5.74) is 3.12. The molecule has 3 nitrogen and oxygen atoms in total. The molecule has 1 N–H and O–H groups in total. The molecular formula is C13H9ClFN3S. The zero-order chi connectivity index (χ0) is 13.2. The fourth-order valence-electron chi connectivity index (χ4n) is 1.83. The molecule has 96 valence electrons. The summed E-state index contributed by atoms with van der Waals surface area (Å²) < 4.78 is 21.5. The van der Waals surface area contributed by atoms with E-state index in [2.05, 4.69) is 14.1 Å². The van der Waals surface area contributed by atoms with Crippen LogP contribution in [0.2, 0.25) is 5.02 Å². The summed E-state index contributed by atoms with van der Waals surface area (Å²) >= 11 is 7.30. The molecule has 0 saturated carbocycles. The summed E-state index contributed by atoms with van der Waals surface area (Å²) in [6, 6.07) is 10.0. The van der Waals surface area contributed by atoms with Crippen molar-refractivity contribution in [2.24, 2.45) is 0 Å². The van der Waals surface area contributed by atoms with Crippen molar-refractivity contribution < 1.29 is 4.39 Å². The van der Waals surface area contributed by atoms with Crippen molar-refractivity contribution in [2.75, 3.05) is 5.32 Å². The Hall–Kier alpha value is -1.72. The van der Waals surface area contributed by atoms with Gasteiger partial charge in [0, 0.05) is 6.54 Å². The lowest BCUT2D eigenvalue weighted by atomic mass is 10.2. The number of benzene rings is 2. The molecule has 0 atom stereocenters. The third-order valence-corrected chi connectivity index (χ3v) is 3.59. The molecule has 0 spiro atoms. The van der Waals surface area contributed by atoms with Gasteiger partial charge in [-0.3, -0.25) is 0 Å². The van der Waals surface area contributed by atoms with Crippen LogP contribution in [0.3, 0.4) is 0 Å². The Morgan fingerprint density at radius 3 is 2.95 bits per heavy atom. The largest absolute Gasteiger partial charge is 0.378 e. The van der Waals surface area contributed by atoms with Crippen molar-refractivity contribution in [3.05, 3.63) is 52.8 Å². The summed E-state index contributed by atoms with van der Waals surface area (Å²) in [5.74, 6) is -0.251. The number of aromatic nitrogens is 2. The lowest BCUT2D eigenvalue weighted by molar-refractivity contribution is 0.626. The van der Waals surface area contributed by atoms with Crippen LogP contribution in [0, 0.1) is 5.82 Å². The Kier molecular flexibility index (Phi) is 3.31. The molecule has 0 aliphatic carbocycles. The Morgan fingerprint density at radius 2 is 2.11 bits per heavy atom. The van der Waals surface area contributed by atoms with Crippen LogP contribution >= 0.6 is 23.3 Å². The molecule has 0 bridgehead atoms. The van der Waals surface area contributed by atoms with E-state index in [9.17, 15) is 4.39 Å². The molecule has 1 aromatic heterocycles. The van der Waals surface area contributed by atoms with E-state index in [0.717, 1.165) is 34.0 Å². The van der Waals surface area contributed by atoms with Crippen LogP contribution in [0.5, 0.6) is 0 Å². The predicted octanol–water partition coefficient (Wildman–Crippen LogP) is 4.10. The fraction of sp³-hybridized carbons (Fsp3) is 0.0769. The maximum absolute atomic E-state index is 13.1. The quantitative estimate of drug-likeness (QED) is 0.790. The summed E-state index contributed by atoms with van der Waals surface area (Å²) in [5, 5.41) is 3.77. The minimum atomic E-state index is -0.251. The SMILES string of the molecule is Fc1cccc(CNc2c(Cl)ccc3nsnc23)c1. The van der Waals surface area contributed by atoms with Crippen LogP contribution in [0.1, 0.15) is 5.56 Å². The van der Waals surface area contributed by atoms with Gasteiger partial charge in [0.2, 0.25) is 0 Å². The second-order valence-electron chi connectivity index (χ2n) is 4.04. The first kappa shape index (κ1) is 12.3. The van der Waals surface area contributed by atoms with E-state index >= 15 is 0 Å². The molecule has 0 radical (unpaired) electrons. The molecule has 1 heterocycles. The highest BCUT2D eigenvalue weighted by Gasteiger charge is 2.09. The van der Waals surface area contributed by atoms with E-state index in [0.29, 0.717) is 11.6 Å². The molecule has 0 unspecified atom stereocenters. The van der Waals surface area contributed by atoms with Crippen molar-refractivity contribution in [3.8, 4) is 0 Å². The first-order valence-electron chi connectivity index (χ1n) is 5.63. The van der Waals surface area contributed by atoms with E-state index in [1.54, 1.807) is 12.1 Å². The number of hydrogen-bond acceptors (Lipinski definition) is 4. The highest BCUT2D eigenvalue weighted by atomic mass is 35.5. The van der Waals surface area contributed by atoms with Crippen LogP contribution in [0.25, 0.3) is 11.0 Å². The number of nitrogens with zero attached hydrogens (tertiary/aromatic N) is 2. The van der Waals surface area contributed by atoms with Gasteiger partial charge in [0.25, 0.3) is 0 Å². The molecule has 0 aliphatic heterocycles. The van der Waals surface area contributed by atoms with Crippen LogP contribution in [-0.2, 0) is 6.54 Å². The number of rotatable bonds is 3. The van der Waals surface area contributed by atoms with Crippen LogP contribution in [-0.4, -0.2) is 8.75 Å². The zero-order valence-electron chi connectivity index (χ0n) is 9.73. The van der Waals surface area contributed by atoms with E-state index in [1.165, 1.54) is 12.1 Å². The number of nitrogens with one attached hydrogen (secondary N) is 1. The van der Waals surface area contributed by atoms with E-state index in [4.69, 9.17) is 11.6 Å². The number of hydrogen-bond donors (Lipinski definition) is 1. The van der Waals surface area contributed by atoms with Gasteiger partial charge in [0.05, 0.1) is 22.4 Å². The molecule has 2 aromatic carbocycles. The maximum Gasteiger partial charge on any atom is 0.129 e. The lowest BCUT2D eigenvalue weighted by Crippen LogP contribution is -2.01. The summed E-state index contributed by atoms with van der Waals surface area (Å²) in [4.78, 5) is 0. The predicted molar refractivity (Wildman–Crippen MR) is 76.2 cm³/mol. The van der Waals surface area contributed by atoms with Gasteiger partial charge in [0.15, 0.2) is 0 Å². The summed E-state index contributed by atoms with van der Waals surface area (Å²) in [6.45, 7) is 0.480. The Labute approximate surface area is 118 Å². The first-order valence-corrected chi connectivity index (χ1v) is 6.74. The third-order valence-electron chi connectivity index (χ3n) is 2.74. The topological polar surface area (TPSA) is 37.8 Å². The van der Waals surface area contributed by atoms with Gasteiger partial charge in [-0.25, -0.2) is 4.39 Å². The van der Waals surface area contributed by atoms with Gasteiger partial charge in [0.1, 0.15) is 16.9 Å². The first-order chi connectivity index (χ1) is 9.24. The second kappa shape index (κ2) is 5.11. The van der Waals surface area contributed by atoms with E-state index in [1.807, 2.05) is 12.1 Å². The van der Waals surface area contributed by atoms with Gasteiger partial charge >= 0.3 is 0 Å². The van der Waals surface area contributed by atoms with Gasteiger partial charge in [-0.15, -0.1) is 0 Å². The Morgan fingerprint density at radius 1 is 1.21 bits per heavy atom. The van der Waals surface area contributed by atoms with Gasteiger partial charge < -0.3 is 5.32 Å². The Balaban J connectivity index is 1.89. The normalized spacial score (nSPS) is 10.8. The molecule has 3 rings (SSSR count). The molecule has 0 aliphatic rings. The maximum atomic E-state index is 13.1. The molecule has 0 saturated heterocycles. The third kappa shape index (κ3) is 2.52. The molecule has 6 heteroatoms. The molecule has 0 amide bonds. The highest BCUT2D eigenvalue weighted by Crippen LogP contribution is 2.30. The minimum Gasteiger partial charge on any atom is -0.378 e. The van der Waals surface area contributed by atoms with Crippen LogP contribution < -0.4 is 5.32 Å². The second-order valence-corrected chi connectivity index (χ2v) is 4.97. The van der Waals surface area contributed by atoms with Gasteiger partial charge in [-0.2, -0.15) is 8.75 Å². The van der Waals surface area contributed by atoms with E-state index in [-0.39, 0.29) is 5.82 Å². The standard InChI is InChI=1S/C13H9ClFN3S/c14-10-4-5-11-13(18-19-17-11)12(10)16-7-8-2-1-3-9(15)6-8/h1-6,16H,7H2. The highest BCUT2D eigenvalue weighted by molar-refractivity contribution is 7.00. The summed E-state index contributed by atoms with van der Waals surface area (Å²) in [6.07, 6.45) is 0. The van der Waals surface area contributed by atoms with Crippen molar-refractivity contribution in [2.45, 2.75) is 6.54 Å². The molecule has 19 heavy (non-hydrogen) atoms. The van der Waals surface area contributed by atoms with Crippen LogP contribution in [0.15, 0.2) is 36.4 Å². The van der Waals surface area contributed by atoms with Crippen LogP contribution in [0.4, 0.5) is 10.1 Å². The zero-order valence-corrected chi connectivity index (χ0v) is 11.3. The molecule has 3 aromatic rings. The Bertz CT molecular complexity index is 729. The van der Waals surface area contributed by atoms with Crippen molar-refractivity contribution >= 4 is 40.0 Å². The fourth-order valence-corrected chi connectivity index (χ4v) is 2.59. The smallest absolute Gasteiger partial charge is 0.129 e. The van der Waals surface area contributed by atoms with Gasteiger partial charge in [-0.1, -0.05) is 23.7 Å². The van der Waals surface area contributed by atoms with Crippen molar-refractivity contribution in [1.29, 1.82) is 0 Å².